The van der Waals surface area contributed by atoms with E-state index in [4.69, 9.17) is 28.8 Å². The number of aliphatic hydroxyl groups excluding tert-OH is 10. The van der Waals surface area contributed by atoms with Crippen LogP contribution in [-0.4, -0.2) is 184 Å². The van der Waals surface area contributed by atoms with Gasteiger partial charge in [-0.2, -0.15) is 0 Å². The van der Waals surface area contributed by atoms with Crippen LogP contribution in [0.15, 0.2) is 0 Å². The first kappa shape index (κ1) is 32.8. The van der Waals surface area contributed by atoms with Crippen molar-refractivity contribution in [1.82, 2.24) is 0 Å². The Labute approximate surface area is 224 Å². The quantitative estimate of drug-likeness (QED) is 0.106. The third-order valence-electron chi connectivity index (χ3n) is 6.97. The zero-order valence-electron chi connectivity index (χ0n) is 20.6. The number of carbonyl (C=O) groups is 2. The van der Waals surface area contributed by atoms with Crippen molar-refractivity contribution in [1.29, 1.82) is 0 Å². The van der Waals surface area contributed by atoms with Crippen molar-refractivity contribution in [3.63, 3.8) is 0 Å². The Morgan fingerprint density at radius 3 is 1.93 bits per heavy atom. The molecule has 12 N–H and O–H groups in total. The van der Waals surface area contributed by atoms with Gasteiger partial charge >= 0.3 is 11.9 Å². The van der Waals surface area contributed by atoms with Crippen LogP contribution in [0.3, 0.4) is 0 Å². The molecule has 0 spiro atoms. The van der Waals surface area contributed by atoms with Gasteiger partial charge in [-0.3, -0.25) is 0 Å². The lowest BCUT2D eigenvalue weighted by molar-refractivity contribution is -0.366. The molecule has 40 heavy (non-hydrogen) atoms. The van der Waals surface area contributed by atoms with Gasteiger partial charge in [-0.15, -0.1) is 0 Å². The Kier molecular flexibility index (Phi) is 10.8. The van der Waals surface area contributed by atoms with Gasteiger partial charge in [0.25, 0.3) is 5.79 Å². The van der Waals surface area contributed by atoms with Crippen LogP contribution in [0, 0.1) is 0 Å². The molecule has 3 heterocycles. The van der Waals surface area contributed by atoms with Crippen molar-refractivity contribution in [2.24, 2.45) is 0 Å². The van der Waals surface area contributed by atoms with Crippen LogP contribution in [0.5, 0.6) is 0 Å². The number of hydrogen-bond acceptors (Lipinski definition) is 17. The zero-order valence-corrected chi connectivity index (χ0v) is 20.6. The molecule has 0 aliphatic carbocycles. The number of ether oxygens (including phenoxy) is 5. The minimum Gasteiger partial charge on any atom is -0.479 e. The minimum absolute atomic E-state index is 0.905. The van der Waals surface area contributed by atoms with Crippen LogP contribution in [0.1, 0.15) is 6.42 Å². The molecule has 19 heteroatoms. The molecule has 0 aromatic heterocycles. The highest BCUT2D eigenvalue weighted by atomic mass is 16.8. The maximum atomic E-state index is 12.3. The summed E-state index contributed by atoms with van der Waals surface area (Å²) in [7, 11) is 0. The van der Waals surface area contributed by atoms with Crippen molar-refractivity contribution >= 4 is 11.9 Å². The number of carboxylic acid groups (broad SMARTS) is 2. The summed E-state index contributed by atoms with van der Waals surface area (Å²) >= 11 is 0. The summed E-state index contributed by atoms with van der Waals surface area (Å²) in [6.07, 6.45) is -27.1. The molecule has 0 bridgehead atoms. The van der Waals surface area contributed by atoms with Gasteiger partial charge in [0, 0.05) is 6.42 Å². The van der Waals surface area contributed by atoms with E-state index in [1.807, 2.05) is 0 Å². The first-order valence-corrected chi connectivity index (χ1v) is 12.1. The molecule has 3 fully saturated rings. The van der Waals surface area contributed by atoms with Crippen molar-refractivity contribution in [2.45, 2.75) is 97.8 Å². The Hall–Kier alpha value is -1.66. The van der Waals surface area contributed by atoms with E-state index in [9.17, 15) is 65.8 Å². The standard InChI is InChI=1S/C21H34O19/c22-2-5(24)15-13(30)11(28)14(31)19(39-15)38-7-1-21(20(34)35,40-16(10(7)27)6(25)3-23)36-4-8-9(26)12(29)17(37-8)18(32)33/h5-17,19,22-31H,1-4H2,(H,32,33)(H,34,35)/t5-,6+,7+,8+,9+,10+,11-,12-,13-,14-,15+,16+,17-,19-,21+/m0/s1. The molecule has 3 aliphatic heterocycles. The molecule has 19 nitrogen and oxygen atoms in total. The summed E-state index contributed by atoms with van der Waals surface area (Å²) in [4.78, 5) is 23.6. The fourth-order valence-electron chi connectivity index (χ4n) is 4.65. The summed E-state index contributed by atoms with van der Waals surface area (Å²) in [5.41, 5.74) is 0. The lowest BCUT2D eigenvalue weighted by atomic mass is 9.91. The SMILES string of the molecule is O=C(O)[C@H]1O[C@H](CO[C@]2(C(=O)O)C[C@@H](O[C@H]3O[C@H]([C@@H](O)CO)[C@@H](O)[C@H](O)[C@@H]3O)[C@@H](O)[C@@H]([C@H](O)CO)O2)[C@@H](O)[C@@H]1O. The predicted molar refractivity (Wildman–Crippen MR) is 118 cm³/mol. The van der Waals surface area contributed by atoms with Gasteiger partial charge < -0.3 is 85.0 Å². The van der Waals surface area contributed by atoms with Crippen LogP contribution < -0.4 is 0 Å². The Morgan fingerprint density at radius 1 is 0.800 bits per heavy atom. The average Bonchev–Trinajstić information content (AvgIpc) is 3.21. The van der Waals surface area contributed by atoms with Gasteiger partial charge in [-0.25, -0.2) is 9.59 Å². The monoisotopic (exact) mass is 590 g/mol. The number of rotatable bonds is 11. The fourth-order valence-corrected chi connectivity index (χ4v) is 4.65. The van der Waals surface area contributed by atoms with E-state index in [1.165, 1.54) is 0 Å². The van der Waals surface area contributed by atoms with Gasteiger partial charge in [0.1, 0.15) is 67.1 Å². The maximum Gasteiger partial charge on any atom is 0.364 e. The summed E-state index contributed by atoms with van der Waals surface area (Å²) in [5, 5.41) is 119. The number of aliphatic hydroxyl groups is 10. The zero-order chi connectivity index (χ0) is 30.1. The number of hydrogen-bond donors (Lipinski definition) is 12. The fraction of sp³-hybridized carbons (Fsp3) is 0.905. The van der Waals surface area contributed by atoms with Gasteiger partial charge in [-0.1, -0.05) is 0 Å². The number of aliphatic carboxylic acids is 2. The Bertz CT molecular complexity index is 875. The molecular formula is C21H34O19. The van der Waals surface area contributed by atoms with E-state index < -0.39 is 130 Å². The van der Waals surface area contributed by atoms with E-state index >= 15 is 0 Å². The third kappa shape index (κ3) is 6.38. The molecule has 3 rings (SSSR count). The molecule has 0 unspecified atom stereocenters. The predicted octanol–water partition coefficient (Wildman–Crippen LogP) is -7.59. The van der Waals surface area contributed by atoms with E-state index in [1.54, 1.807) is 0 Å². The second kappa shape index (κ2) is 13.1. The molecule has 0 radical (unpaired) electrons. The highest BCUT2D eigenvalue weighted by Crippen LogP contribution is 2.37. The van der Waals surface area contributed by atoms with E-state index in [-0.39, 0.29) is 0 Å². The third-order valence-corrected chi connectivity index (χ3v) is 6.97. The van der Waals surface area contributed by atoms with Crippen LogP contribution in [0.25, 0.3) is 0 Å². The second-order valence-electron chi connectivity index (χ2n) is 9.68. The van der Waals surface area contributed by atoms with Crippen molar-refractivity contribution in [3.05, 3.63) is 0 Å². The van der Waals surface area contributed by atoms with Gasteiger partial charge in [-0.05, 0) is 0 Å². The highest BCUT2D eigenvalue weighted by molar-refractivity contribution is 5.76. The van der Waals surface area contributed by atoms with E-state index in [0.717, 1.165) is 0 Å². The largest absolute Gasteiger partial charge is 0.479 e. The summed E-state index contributed by atoms with van der Waals surface area (Å²) in [6, 6.07) is 0. The minimum atomic E-state index is -2.85. The molecule has 3 aliphatic rings. The van der Waals surface area contributed by atoms with Crippen LogP contribution in [0.4, 0.5) is 0 Å². The smallest absolute Gasteiger partial charge is 0.364 e. The van der Waals surface area contributed by atoms with Crippen LogP contribution in [0.2, 0.25) is 0 Å². The maximum absolute atomic E-state index is 12.3. The van der Waals surface area contributed by atoms with Crippen LogP contribution in [-0.2, 0) is 33.3 Å². The highest BCUT2D eigenvalue weighted by Gasteiger charge is 2.58. The topological polar surface area (TPSA) is 323 Å². The lowest BCUT2D eigenvalue weighted by Crippen LogP contribution is -2.66. The normalized spacial score (nSPS) is 45.6. The molecule has 0 aromatic rings. The Balaban J connectivity index is 1.86. The summed E-state index contributed by atoms with van der Waals surface area (Å²) < 4.78 is 26.4. The molecule has 0 saturated carbocycles. The van der Waals surface area contributed by atoms with Gasteiger partial charge in [0.15, 0.2) is 12.4 Å². The van der Waals surface area contributed by atoms with Gasteiger partial charge in [0.2, 0.25) is 0 Å². The molecule has 15 atom stereocenters. The van der Waals surface area contributed by atoms with Crippen molar-refractivity contribution in [3.8, 4) is 0 Å². The number of carboxylic acids is 2. The van der Waals surface area contributed by atoms with Crippen molar-refractivity contribution in [2.75, 3.05) is 19.8 Å². The van der Waals surface area contributed by atoms with E-state index in [0.29, 0.717) is 0 Å². The average molecular weight is 590 g/mol. The molecule has 0 aromatic carbocycles. The molecule has 3 saturated heterocycles. The summed E-state index contributed by atoms with van der Waals surface area (Å²) in [5.74, 6) is -6.36. The molecule has 0 amide bonds. The lowest BCUT2D eigenvalue weighted by Gasteiger charge is -2.48. The first-order valence-electron chi connectivity index (χ1n) is 12.1. The molecule has 232 valence electrons. The Morgan fingerprint density at radius 2 is 1.40 bits per heavy atom. The van der Waals surface area contributed by atoms with E-state index in [2.05, 4.69) is 0 Å². The van der Waals surface area contributed by atoms with Gasteiger partial charge in [0.05, 0.1) is 25.9 Å². The first-order chi connectivity index (χ1) is 18.7. The van der Waals surface area contributed by atoms with Crippen LogP contribution >= 0.6 is 0 Å². The summed E-state index contributed by atoms with van der Waals surface area (Å²) in [6.45, 7) is -2.90. The second-order valence-corrected chi connectivity index (χ2v) is 9.68. The molecular weight excluding hydrogens is 556 g/mol. The van der Waals surface area contributed by atoms with Crippen molar-refractivity contribution < 1.29 is 94.6 Å².